The van der Waals surface area contributed by atoms with Crippen molar-refractivity contribution in [3.8, 4) is 0 Å². The molecule has 2 amide bonds. The molecule has 0 aliphatic heterocycles. The van der Waals surface area contributed by atoms with Gasteiger partial charge in [0, 0.05) is 18.6 Å². The number of urea groups is 1. The number of rotatable bonds is 6. The Bertz CT molecular complexity index is 332. The van der Waals surface area contributed by atoms with Gasteiger partial charge in [0.2, 0.25) is 0 Å². The molecular weight excluding hydrogens is 244 g/mol. The van der Waals surface area contributed by atoms with Crippen LogP contribution < -0.4 is 0 Å². The molecule has 0 aromatic heterocycles. The van der Waals surface area contributed by atoms with Gasteiger partial charge < -0.3 is 14.9 Å². The Labute approximate surface area is 115 Å². The first kappa shape index (κ1) is 17.5. The highest BCUT2D eigenvalue weighted by Crippen LogP contribution is 2.16. The van der Waals surface area contributed by atoms with Gasteiger partial charge >= 0.3 is 12.0 Å². The van der Waals surface area contributed by atoms with Crippen LogP contribution >= 0.6 is 0 Å². The minimum Gasteiger partial charge on any atom is -0.480 e. The highest BCUT2D eigenvalue weighted by atomic mass is 16.4. The number of carbonyl (C=O) groups is 2. The highest BCUT2D eigenvalue weighted by Gasteiger charge is 2.30. The van der Waals surface area contributed by atoms with Crippen LogP contribution in [0.25, 0.3) is 0 Å². The number of amides is 2. The van der Waals surface area contributed by atoms with Crippen LogP contribution in [0.1, 0.15) is 34.6 Å². The molecule has 110 valence electrons. The number of aliphatic carboxylic acids is 1. The van der Waals surface area contributed by atoms with Crippen LogP contribution in [0.5, 0.6) is 0 Å². The molecular formula is C14H26N2O3. The van der Waals surface area contributed by atoms with Gasteiger partial charge in [0.15, 0.2) is 0 Å². The maximum atomic E-state index is 12.5. The van der Waals surface area contributed by atoms with Gasteiger partial charge in [0.25, 0.3) is 0 Å². The molecule has 0 unspecified atom stereocenters. The van der Waals surface area contributed by atoms with E-state index in [1.54, 1.807) is 11.0 Å². The predicted molar refractivity (Wildman–Crippen MR) is 76.1 cm³/mol. The van der Waals surface area contributed by atoms with E-state index in [4.69, 9.17) is 5.11 Å². The Morgan fingerprint density at radius 1 is 1.32 bits per heavy atom. The molecule has 0 spiro atoms. The first-order valence-electron chi connectivity index (χ1n) is 6.48. The number of nitrogens with zero attached hydrogens (tertiary/aromatic N) is 2. The summed E-state index contributed by atoms with van der Waals surface area (Å²) in [6.07, 6.45) is 1.65. The highest BCUT2D eigenvalue weighted by molar-refractivity contribution is 5.80. The number of hydrogen-bond acceptors (Lipinski definition) is 2. The molecule has 0 rings (SSSR count). The van der Waals surface area contributed by atoms with Crippen LogP contribution in [0.15, 0.2) is 12.7 Å². The summed E-state index contributed by atoms with van der Waals surface area (Å²) in [5, 5.41) is 8.93. The summed E-state index contributed by atoms with van der Waals surface area (Å²) >= 11 is 0. The minimum atomic E-state index is -0.999. The minimum absolute atomic E-state index is 0.217. The van der Waals surface area contributed by atoms with Crippen LogP contribution in [0.2, 0.25) is 0 Å². The summed E-state index contributed by atoms with van der Waals surface area (Å²) in [5.74, 6) is -0.782. The predicted octanol–water partition coefficient (Wildman–Crippen LogP) is 2.44. The zero-order valence-corrected chi connectivity index (χ0v) is 12.6. The first-order chi connectivity index (χ1) is 8.59. The fraction of sp³-hybridized carbons (Fsp3) is 0.714. The lowest BCUT2D eigenvalue weighted by molar-refractivity contribution is -0.137. The van der Waals surface area contributed by atoms with E-state index < -0.39 is 5.97 Å². The molecule has 0 bridgehead atoms. The van der Waals surface area contributed by atoms with E-state index in [-0.39, 0.29) is 24.0 Å². The van der Waals surface area contributed by atoms with Gasteiger partial charge in [-0.2, -0.15) is 0 Å². The number of carboxylic acids is 1. The summed E-state index contributed by atoms with van der Waals surface area (Å²) in [5.41, 5.74) is -0.376. The molecule has 5 heteroatoms. The third-order valence-electron chi connectivity index (χ3n) is 2.53. The Balaban J connectivity index is 5.11. The summed E-state index contributed by atoms with van der Waals surface area (Å²) in [4.78, 5) is 26.4. The Hall–Kier alpha value is -1.52. The maximum Gasteiger partial charge on any atom is 0.323 e. The SMILES string of the molecule is C=CCN(C(=O)N(CC(=O)O)CC(C)C)C(C)(C)C. The lowest BCUT2D eigenvalue weighted by Gasteiger charge is -2.38. The molecule has 0 aromatic carbocycles. The van der Waals surface area contributed by atoms with E-state index in [9.17, 15) is 9.59 Å². The third kappa shape index (κ3) is 6.27. The number of hydrogen-bond donors (Lipinski definition) is 1. The van der Waals surface area contributed by atoms with E-state index in [0.29, 0.717) is 13.1 Å². The Kier molecular flexibility index (Phi) is 6.59. The molecule has 0 saturated heterocycles. The smallest absolute Gasteiger partial charge is 0.323 e. The van der Waals surface area contributed by atoms with E-state index in [1.165, 1.54) is 4.90 Å². The van der Waals surface area contributed by atoms with Crippen molar-refractivity contribution >= 4 is 12.0 Å². The van der Waals surface area contributed by atoms with Crippen molar-refractivity contribution in [2.45, 2.75) is 40.2 Å². The van der Waals surface area contributed by atoms with Gasteiger partial charge in [-0.05, 0) is 26.7 Å². The lowest BCUT2D eigenvalue weighted by atomic mass is 10.1. The normalized spacial score (nSPS) is 11.3. The van der Waals surface area contributed by atoms with Crippen molar-refractivity contribution in [2.24, 2.45) is 5.92 Å². The molecule has 0 heterocycles. The molecule has 0 radical (unpaired) electrons. The molecule has 0 aromatic rings. The molecule has 1 N–H and O–H groups in total. The fourth-order valence-electron chi connectivity index (χ4n) is 1.75. The first-order valence-corrected chi connectivity index (χ1v) is 6.48. The Morgan fingerprint density at radius 3 is 2.16 bits per heavy atom. The summed E-state index contributed by atoms with van der Waals surface area (Å²) < 4.78 is 0. The van der Waals surface area contributed by atoms with Crippen molar-refractivity contribution < 1.29 is 14.7 Å². The average molecular weight is 270 g/mol. The molecule has 0 saturated carbocycles. The van der Waals surface area contributed by atoms with Crippen LogP contribution in [-0.4, -0.2) is 52.1 Å². The van der Waals surface area contributed by atoms with E-state index in [2.05, 4.69) is 6.58 Å². The van der Waals surface area contributed by atoms with E-state index >= 15 is 0 Å². The zero-order valence-electron chi connectivity index (χ0n) is 12.6. The largest absolute Gasteiger partial charge is 0.480 e. The quantitative estimate of drug-likeness (QED) is 0.754. The van der Waals surface area contributed by atoms with Crippen LogP contribution in [0.3, 0.4) is 0 Å². The molecule has 0 aliphatic rings. The topological polar surface area (TPSA) is 60.9 Å². The monoisotopic (exact) mass is 270 g/mol. The van der Waals surface area contributed by atoms with Crippen molar-refractivity contribution in [3.05, 3.63) is 12.7 Å². The van der Waals surface area contributed by atoms with Crippen molar-refractivity contribution in [2.75, 3.05) is 19.6 Å². The lowest BCUT2D eigenvalue weighted by Crippen LogP contribution is -2.53. The van der Waals surface area contributed by atoms with Crippen LogP contribution in [0.4, 0.5) is 4.79 Å². The van der Waals surface area contributed by atoms with Gasteiger partial charge in [-0.3, -0.25) is 4.79 Å². The number of carbonyl (C=O) groups excluding carboxylic acids is 1. The second-order valence-corrected chi connectivity index (χ2v) is 6.02. The standard InChI is InChI=1S/C14H26N2O3/c1-7-8-16(14(4,5)6)13(19)15(9-11(2)3)10-12(17)18/h7,11H,1,8-10H2,2-6H3,(H,17,18). The molecule has 19 heavy (non-hydrogen) atoms. The van der Waals surface area contributed by atoms with E-state index in [0.717, 1.165) is 0 Å². The maximum absolute atomic E-state index is 12.5. The van der Waals surface area contributed by atoms with Gasteiger partial charge in [-0.1, -0.05) is 19.9 Å². The molecule has 0 atom stereocenters. The van der Waals surface area contributed by atoms with Crippen molar-refractivity contribution in [1.29, 1.82) is 0 Å². The third-order valence-corrected chi connectivity index (χ3v) is 2.53. The van der Waals surface area contributed by atoms with Crippen molar-refractivity contribution in [1.82, 2.24) is 9.80 Å². The van der Waals surface area contributed by atoms with E-state index in [1.807, 2.05) is 34.6 Å². The van der Waals surface area contributed by atoms with Gasteiger partial charge in [-0.15, -0.1) is 6.58 Å². The Morgan fingerprint density at radius 2 is 1.84 bits per heavy atom. The number of carboxylic acid groups (broad SMARTS) is 1. The summed E-state index contributed by atoms with van der Waals surface area (Å²) in [7, 11) is 0. The average Bonchev–Trinajstić information content (AvgIpc) is 2.21. The second kappa shape index (κ2) is 7.16. The molecule has 5 nitrogen and oxygen atoms in total. The molecule has 0 fully saturated rings. The zero-order chi connectivity index (χ0) is 15.2. The summed E-state index contributed by atoms with van der Waals surface area (Å²) in [6.45, 7) is 13.9. The van der Waals surface area contributed by atoms with Crippen molar-refractivity contribution in [3.63, 3.8) is 0 Å². The molecule has 0 aliphatic carbocycles. The summed E-state index contributed by atoms with van der Waals surface area (Å²) in [6, 6.07) is -0.261. The van der Waals surface area contributed by atoms with Gasteiger partial charge in [-0.25, -0.2) is 4.79 Å². The van der Waals surface area contributed by atoms with Crippen LogP contribution in [0, 0.1) is 5.92 Å². The second-order valence-electron chi connectivity index (χ2n) is 6.02. The van der Waals surface area contributed by atoms with Gasteiger partial charge in [0.05, 0.1) is 0 Å². The van der Waals surface area contributed by atoms with Crippen LogP contribution in [-0.2, 0) is 4.79 Å². The van der Waals surface area contributed by atoms with Gasteiger partial charge in [0.1, 0.15) is 6.54 Å². The fourth-order valence-corrected chi connectivity index (χ4v) is 1.75.